The average Bonchev–Trinajstić information content (AvgIpc) is 4.27. The summed E-state index contributed by atoms with van der Waals surface area (Å²) >= 11 is 6.84. The molecule has 5 aromatic rings. The number of piperazine rings is 1. The molecular weight excluding hydrogens is 1030 g/mol. The first-order chi connectivity index (χ1) is 38.8. The Morgan fingerprint density at radius 2 is 1.66 bits per heavy atom. The van der Waals surface area contributed by atoms with Crippen LogP contribution in [0.5, 0.6) is 11.8 Å². The van der Waals surface area contributed by atoms with Gasteiger partial charge in [-0.2, -0.15) is 20.2 Å². The lowest BCUT2D eigenvalue weighted by Gasteiger charge is -2.43. The smallest absolute Gasteiger partial charge is 0.318 e. The zero-order chi connectivity index (χ0) is 55.6. The van der Waals surface area contributed by atoms with E-state index in [0.717, 1.165) is 105 Å². The molecule has 420 valence electrons. The molecule has 7 heterocycles. The fourth-order valence-corrected chi connectivity index (χ4v) is 13.0. The first kappa shape index (κ1) is 54.7. The van der Waals surface area contributed by atoms with Gasteiger partial charge in [-0.05, 0) is 121 Å². The summed E-state index contributed by atoms with van der Waals surface area (Å²) in [6, 6.07) is 19.7. The number of anilines is 6. The lowest BCUT2D eigenvalue weighted by molar-refractivity contribution is -0.130. The molecule has 0 spiro atoms. The molecule has 1 aliphatic carbocycles. The fourth-order valence-electron chi connectivity index (χ4n) is 12.7. The molecule has 2 aromatic heterocycles. The maximum atomic E-state index is 14.7. The van der Waals surface area contributed by atoms with Gasteiger partial charge in [0.05, 0.1) is 47.7 Å². The molecule has 3 amide bonds. The van der Waals surface area contributed by atoms with Crippen molar-refractivity contribution in [2.24, 2.45) is 0 Å². The maximum absolute atomic E-state index is 14.7. The number of rotatable bonds is 16. The average molecular weight is 1110 g/mol. The number of carbonyl (C=O) groups excluding carboxylic acids is 3. The minimum atomic E-state index is -0.492. The summed E-state index contributed by atoms with van der Waals surface area (Å²) in [5.41, 5.74) is 4.65. The third-order valence-corrected chi connectivity index (χ3v) is 17.6. The van der Waals surface area contributed by atoms with E-state index in [9.17, 15) is 19.6 Å². The van der Waals surface area contributed by atoms with Crippen LogP contribution >= 0.6 is 11.6 Å². The van der Waals surface area contributed by atoms with Crippen LogP contribution in [0.1, 0.15) is 92.7 Å². The lowest BCUT2D eigenvalue weighted by atomic mass is 10.0. The molecule has 3 atom stereocenters. The first-order valence-electron chi connectivity index (χ1n) is 28.6. The zero-order valence-electron chi connectivity index (χ0n) is 46.5. The number of amides is 3. The van der Waals surface area contributed by atoms with Crippen LogP contribution in [0.2, 0.25) is 5.02 Å². The molecule has 0 radical (unpaired) electrons. The zero-order valence-corrected chi connectivity index (χ0v) is 47.3. The number of ether oxygens (including phenoxy) is 2. The quantitative estimate of drug-likeness (QED) is 0.0911. The second-order valence-corrected chi connectivity index (χ2v) is 22.8. The van der Waals surface area contributed by atoms with Crippen LogP contribution in [0, 0.1) is 11.3 Å². The van der Waals surface area contributed by atoms with Gasteiger partial charge in [-0.3, -0.25) is 14.4 Å². The van der Waals surface area contributed by atoms with Gasteiger partial charge in [0.2, 0.25) is 11.9 Å². The van der Waals surface area contributed by atoms with Crippen molar-refractivity contribution in [3.05, 3.63) is 94.8 Å². The van der Waals surface area contributed by atoms with E-state index in [2.05, 4.69) is 91.1 Å². The van der Waals surface area contributed by atoms with Gasteiger partial charge < -0.3 is 54.4 Å². The van der Waals surface area contributed by atoms with Gasteiger partial charge in [-0.25, -0.2) is 4.98 Å². The van der Waals surface area contributed by atoms with E-state index in [1.807, 2.05) is 19.1 Å². The number of nitriles is 1. The number of nitrogens with one attached hydrogen (secondary N) is 2. The molecule has 80 heavy (non-hydrogen) atoms. The molecule has 3 saturated heterocycles. The predicted octanol–water partition coefficient (Wildman–Crippen LogP) is 7.75. The second-order valence-electron chi connectivity index (χ2n) is 22.4. The van der Waals surface area contributed by atoms with Crippen LogP contribution < -0.4 is 39.7 Å². The van der Waals surface area contributed by atoms with Gasteiger partial charge in [0.1, 0.15) is 36.5 Å². The minimum Gasteiger partial charge on any atom is -0.487 e. The van der Waals surface area contributed by atoms with Gasteiger partial charge in [0.25, 0.3) is 11.8 Å². The summed E-state index contributed by atoms with van der Waals surface area (Å²) in [5.74, 6) is 1.52. The highest BCUT2D eigenvalue weighted by molar-refractivity contribution is 6.36. The highest BCUT2D eigenvalue weighted by Crippen LogP contribution is 2.42. The van der Waals surface area contributed by atoms with Crippen molar-refractivity contribution in [2.45, 2.75) is 114 Å². The number of likely N-dealkylation sites (N-methyl/N-ethyl adjacent to an activating group) is 2. The largest absolute Gasteiger partial charge is 0.487 e. The van der Waals surface area contributed by atoms with Gasteiger partial charge >= 0.3 is 6.01 Å². The van der Waals surface area contributed by atoms with E-state index in [4.69, 9.17) is 36.0 Å². The number of benzene rings is 3. The number of piperidine rings is 1. The van der Waals surface area contributed by atoms with E-state index < -0.39 is 6.04 Å². The Labute approximate surface area is 473 Å². The highest BCUT2D eigenvalue weighted by Gasteiger charge is 2.42. The molecule has 4 fully saturated rings. The first-order valence-corrected chi connectivity index (χ1v) is 28.9. The number of hydrogen-bond donors (Lipinski definition) is 2. The number of aromatic nitrogens is 4. The highest BCUT2D eigenvalue weighted by atomic mass is 35.5. The van der Waals surface area contributed by atoms with E-state index >= 15 is 0 Å². The van der Waals surface area contributed by atoms with Crippen molar-refractivity contribution in [1.82, 2.24) is 40.0 Å². The number of hydrogen-bond acceptors (Lipinski definition) is 16. The summed E-state index contributed by atoms with van der Waals surface area (Å²) in [5, 5.41) is 19.6. The van der Waals surface area contributed by atoms with Crippen molar-refractivity contribution < 1.29 is 23.9 Å². The summed E-state index contributed by atoms with van der Waals surface area (Å²) in [6.45, 7) is 11.7. The molecular formula is C60H73ClN14O5. The fraction of sp³-hybridized carbons (Fsp3) is 0.500. The SMILES string of the molecule is C=C(COc1cc(C(=O)NC2CCN(C)CC2)ccc1Nc1ncc2c(n1)N(C1CCCC1)[C@H](CC)C(=O)N2C)C(=O)N1CCN(c2nc(OC[C@@H]3CCCN3C)nc3c2CCN(c2cccc4cccc(Cl)c24)C3)C[C@@H]1CC#N. The molecule has 2 N–H and O–H groups in total. The monoisotopic (exact) mass is 1100 g/mol. The Morgan fingerprint density at radius 1 is 0.863 bits per heavy atom. The van der Waals surface area contributed by atoms with Crippen LogP contribution in [-0.2, 0) is 22.6 Å². The van der Waals surface area contributed by atoms with Crippen LogP contribution in [0.25, 0.3) is 10.8 Å². The van der Waals surface area contributed by atoms with Crippen molar-refractivity contribution in [1.29, 1.82) is 5.26 Å². The topological polar surface area (TPSA) is 192 Å². The standard InChI is InChI=1S/C60H73ClN14O5/c1-6-49-58(78)71(5)51-33-63-59(67-55(51)75(49)42-14-7-8-15-42)65-47-20-19-40(56(76)64-41-22-27-69(3)28-23-41)32-52(47)79-36-38(2)57(77)74-31-30-73(34-43(74)21-25-62)54-45-24-29-72(50-18-10-13-39-12-9-17-46(61)53(39)50)35-48(45)66-60(68-54)80-37-44-16-11-26-70(44)4/h9-10,12-13,17-20,32-33,41-44,49H,2,6-8,11,14-16,21-24,26-31,34-37H2,1,3-5H3,(H,64,76)(H,63,65,67)/t43-,44-,49+/m0/s1. The lowest BCUT2D eigenvalue weighted by Crippen LogP contribution is -2.56. The van der Waals surface area contributed by atoms with Gasteiger partial charge in [0.15, 0.2) is 5.82 Å². The third kappa shape index (κ3) is 11.3. The van der Waals surface area contributed by atoms with Crippen molar-refractivity contribution in [3.8, 4) is 17.8 Å². The summed E-state index contributed by atoms with van der Waals surface area (Å²) < 4.78 is 13.0. The molecule has 0 bridgehead atoms. The van der Waals surface area contributed by atoms with Crippen LogP contribution in [0.3, 0.4) is 0 Å². The second kappa shape index (κ2) is 23.8. The van der Waals surface area contributed by atoms with Crippen molar-refractivity contribution in [3.63, 3.8) is 0 Å². The Hall–Kier alpha value is -7.27. The van der Waals surface area contributed by atoms with Crippen LogP contribution in [-0.4, -0.2) is 163 Å². The Kier molecular flexibility index (Phi) is 16.3. The molecule has 20 heteroatoms. The van der Waals surface area contributed by atoms with E-state index in [-0.39, 0.29) is 60.5 Å². The number of likely N-dealkylation sites (tertiary alicyclic amines) is 2. The van der Waals surface area contributed by atoms with Crippen LogP contribution in [0.4, 0.5) is 34.6 Å². The molecule has 5 aliphatic heterocycles. The Bertz CT molecular complexity index is 3190. The molecule has 0 unspecified atom stereocenters. The van der Waals surface area contributed by atoms with Gasteiger partial charge in [-0.15, -0.1) is 0 Å². The third-order valence-electron chi connectivity index (χ3n) is 17.3. The number of fused-ring (bicyclic) bond motifs is 3. The molecule has 1 saturated carbocycles. The molecule has 6 aliphatic rings. The molecule has 3 aromatic carbocycles. The predicted molar refractivity (Wildman–Crippen MR) is 311 cm³/mol. The number of halogens is 1. The normalized spacial score (nSPS) is 21.1. The van der Waals surface area contributed by atoms with Crippen molar-refractivity contribution in [2.75, 3.05) is 105 Å². The maximum Gasteiger partial charge on any atom is 0.318 e. The van der Waals surface area contributed by atoms with E-state index in [1.165, 1.54) is 0 Å². The van der Waals surface area contributed by atoms with Crippen molar-refractivity contribution >= 4 is 74.7 Å². The van der Waals surface area contributed by atoms with Gasteiger partial charge in [0, 0.05) is 79.1 Å². The summed E-state index contributed by atoms with van der Waals surface area (Å²) in [7, 11) is 5.98. The minimum absolute atomic E-state index is 0.0275. The number of nitrogens with zero attached hydrogens (tertiary/aromatic N) is 12. The summed E-state index contributed by atoms with van der Waals surface area (Å²) in [6.07, 6.45) is 11.1. The molecule has 19 nitrogen and oxygen atoms in total. The Morgan fingerprint density at radius 3 is 2.42 bits per heavy atom. The van der Waals surface area contributed by atoms with Crippen LogP contribution in [0.15, 0.2) is 72.9 Å². The molecule has 11 rings (SSSR count). The van der Waals surface area contributed by atoms with E-state index in [0.29, 0.717) is 97.7 Å². The van der Waals surface area contributed by atoms with Gasteiger partial charge in [-0.1, -0.05) is 62.2 Å². The summed E-state index contributed by atoms with van der Waals surface area (Å²) in [4.78, 5) is 76.7. The Balaban J connectivity index is 0.830. The van der Waals surface area contributed by atoms with E-state index in [1.54, 1.807) is 41.2 Å². The number of carbonyl (C=O) groups is 3.